The van der Waals surface area contributed by atoms with Crippen molar-refractivity contribution in [1.29, 1.82) is 0 Å². The molecule has 172 valence electrons. The zero-order valence-corrected chi connectivity index (χ0v) is 21.0. The van der Waals surface area contributed by atoms with Gasteiger partial charge in [0.1, 0.15) is 5.76 Å². The molecule has 0 radical (unpaired) electrons. The number of amides is 1. The minimum Gasteiger partial charge on any atom is -0.467 e. The summed E-state index contributed by atoms with van der Waals surface area (Å²) >= 11 is 0. The molecular weight excluding hydrogens is 507 g/mol. The molecule has 8 heteroatoms. The van der Waals surface area contributed by atoms with Crippen LogP contribution in [0.3, 0.4) is 0 Å². The molecule has 0 saturated heterocycles. The summed E-state index contributed by atoms with van der Waals surface area (Å²) in [4.78, 5) is 17.0. The first-order valence-corrected chi connectivity index (χ1v) is 10.6. The van der Waals surface area contributed by atoms with Gasteiger partial charge in [0, 0.05) is 31.9 Å². The van der Waals surface area contributed by atoms with E-state index in [0.29, 0.717) is 24.6 Å². The van der Waals surface area contributed by atoms with Gasteiger partial charge in [-0.3, -0.25) is 4.79 Å². The number of nitrogens with one attached hydrogen (secondary N) is 3. The van der Waals surface area contributed by atoms with Crippen LogP contribution in [0.25, 0.3) is 0 Å². The number of furan rings is 1. The monoisotopic (exact) mass is 542 g/mol. The third-order valence-corrected chi connectivity index (χ3v) is 4.17. The zero-order chi connectivity index (χ0) is 21.6. The number of guanidine groups is 1. The fraction of sp³-hybridized carbons (Fsp3) is 0.478. The summed E-state index contributed by atoms with van der Waals surface area (Å²) in [5, 5.41) is 9.43. The predicted molar refractivity (Wildman–Crippen MR) is 135 cm³/mol. The molecule has 0 aliphatic rings. The molecule has 1 aromatic heterocycles. The molecule has 0 aliphatic heterocycles. The van der Waals surface area contributed by atoms with Gasteiger partial charge in [-0.2, -0.15) is 0 Å². The van der Waals surface area contributed by atoms with Crippen molar-refractivity contribution in [3.63, 3.8) is 0 Å². The predicted octanol–water partition coefficient (Wildman–Crippen LogP) is 3.95. The van der Waals surface area contributed by atoms with Gasteiger partial charge in [0.05, 0.1) is 19.4 Å². The molecule has 0 bridgehead atoms. The first kappa shape index (κ1) is 27.0. The molecule has 31 heavy (non-hydrogen) atoms. The van der Waals surface area contributed by atoms with E-state index in [1.807, 2.05) is 31.2 Å². The molecule has 0 fully saturated rings. The van der Waals surface area contributed by atoms with E-state index in [1.54, 1.807) is 18.4 Å². The van der Waals surface area contributed by atoms with Crippen LogP contribution in [0.1, 0.15) is 48.9 Å². The van der Waals surface area contributed by atoms with Crippen LogP contribution in [-0.2, 0) is 17.8 Å². The van der Waals surface area contributed by atoms with Crippen molar-refractivity contribution in [3.8, 4) is 0 Å². The van der Waals surface area contributed by atoms with Gasteiger partial charge in [0.25, 0.3) is 5.91 Å². The first-order chi connectivity index (χ1) is 14.6. The Morgan fingerprint density at radius 3 is 2.71 bits per heavy atom. The van der Waals surface area contributed by atoms with Crippen LogP contribution >= 0.6 is 24.0 Å². The maximum absolute atomic E-state index is 12.4. The van der Waals surface area contributed by atoms with Gasteiger partial charge in [-0.05, 0) is 49.1 Å². The highest BCUT2D eigenvalue weighted by molar-refractivity contribution is 14.0. The van der Waals surface area contributed by atoms with Gasteiger partial charge < -0.3 is 25.1 Å². The molecule has 7 nitrogen and oxygen atoms in total. The minimum atomic E-state index is -0.136. The van der Waals surface area contributed by atoms with Crippen molar-refractivity contribution in [2.24, 2.45) is 10.9 Å². The summed E-state index contributed by atoms with van der Waals surface area (Å²) in [5.41, 5.74) is 1.58. The van der Waals surface area contributed by atoms with Crippen LogP contribution in [0.5, 0.6) is 0 Å². The summed E-state index contributed by atoms with van der Waals surface area (Å²) in [6.07, 6.45) is 2.51. The van der Waals surface area contributed by atoms with Crippen molar-refractivity contribution in [2.75, 3.05) is 26.3 Å². The van der Waals surface area contributed by atoms with E-state index in [2.05, 4.69) is 34.8 Å². The Kier molecular flexibility index (Phi) is 13.6. The summed E-state index contributed by atoms with van der Waals surface area (Å²) in [5.74, 6) is 1.90. The van der Waals surface area contributed by atoms with E-state index in [4.69, 9.17) is 9.15 Å². The molecule has 2 aromatic rings. The number of hydrogen-bond donors (Lipinski definition) is 3. The van der Waals surface area contributed by atoms with Crippen LogP contribution < -0.4 is 16.0 Å². The van der Waals surface area contributed by atoms with Crippen LogP contribution in [-0.4, -0.2) is 38.2 Å². The standard InChI is InChI=1S/C23H34N4O3.HI/c1-4-24-23(25-11-7-12-29-17-18(2)3)27-15-19-8-5-9-20(14-19)22(28)26-16-21-10-6-13-30-21;/h5-6,8-10,13-14,18H,4,7,11-12,15-17H2,1-3H3,(H,26,28)(H2,24,25,27);1H. The van der Waals surface area contributed by atoms with Crippen molar-refractivity contribution >= 4 is 35.8 Å². The Bertz CT molecular complexity index is 779. The Labute approximate surface area is 202 Å². The lowest BCUT2D eigenvalue weighted by molar-refractivity contribution is 0.0948. The molecule has 3 N–H and O–H groups in total. The molecule has 0 atom stereocenters. The maximum atomic E-state index is 12.4. The quantitative estimate of drug-likeness (QED) is 0.164. The topological polar surface area (TPSA) is 87.9 Å². The number of ether oxygens (including phenoxy) is 1. The van der Waals surface area contributed by atoms with Crippen molar-refractivity contribution in [3.05, 3.63) is 59.5 Å². The molecule has 0 spiro atoms. The number of rotatable bonds is 12. The maximum Gasteiger partial charge on any atom is 0.251 e. The Morgan fingerprint density at radius 2 is 2.00 bits per heavy atom. The molecular formula is C23H35IN4O3. The lowest BCUT2D eigenvalue weighted by Gasteiger charge is -2.12. The van der Waals surface area contributed by atoms with Gasteiger partial charge in [-0.1, -0.05) is 26.0 Å². The number of carbonyl (C=O) groups excluding carboxylic acids is 1. The number of benzene rings is 1. The second-order valence-corrected chi connectivity index (χ2v) is 7.41. The number of hydrogen-bond acceptors (Lipinski definition) is 4. The number of halogens is 1. The fourth-order valence-electron chi connectivity index (χ4n) is 2.71. The fourth-order valence-corrected chi connectivity index (χ4v) is 2.71. The van der Waals surface area contributed by atoms with Gasteiger partial charge in [0.2, 0.25) is 0 Å². The first-order valence-electron chi connectivity index (χ1n) is 10.6. The highest BCUT2D eigenvalue weighted by Crippen LogP contribution is 2.08. The normalized spacial score (nSPS) is 11.2. The zero-order valence-electron chi connectivity index (χ0n) is 18.6. The Balaban J connectivity index is 0.00000480. The molecule has 0 unspecified atom stereocenters. The van der Waals surface area contributed by atoms with E-state index >= 15 is 0 Å². The van der Waals surface area contributed by atoms with Gasteiger partial charge >= 0.3 is 0 Å². The summed E-state index contributed by atoms with van der Waals surface area (Å²) in [6, 6.07) is 11.1. The van der Waals surface area contributed by atoms with E-state index in [0.717, 1.165) is 50.0 Å². The molecule has 0 aliphatic carbocycles. The average Bonchev–Trinajstić information content (AvgIpc) is 3.26. The summed E-state index contributed by atoms with van der Waals surface area (Å²) < 4.78 is 10.8. The van der Waals surface area contributed by atoms with E-state index in [1.165, 1.54) is 0 Å². The van der Waals surface area contributed by atoms with E-state index in [9.17, 15) is 4.79 Å². The highest BCUT2D eigenvalue weighted by atomic mass is 127. The largest absolute Gasteiger partial charge is 0.467 e. The van der Waals surface area contributed by atoms with Gasteiger partial charge in [-0.25, -0.2) is 4.99 Å². The van der Waals surface area contributed by atoms with Crippen LogP contribution in [0, 0.1) is 5.92 Å². The van der Waals surface area contributed by atoms with E-state index < -0.39 is 0 Å². The number of carbonyl (C=O) groups is 1. The SMILES string of the molecule is CCNC(=NCc1cccc(C(=O)NCc2ccco2)c1)NCCCOCC(C)C.I. The van der Waals surface area contributed by atoms with Crippen LogP contribution in [0.15, 0.2) is 52.1 Å². The van der Waals surface area contributed by atoms with Gasteiger partial charge in [-0.15, -0.1) is 24.0 Å². The van der Waals surface area contributed by atoms with Crippen LogP contribution in [0.2, 0.25) is 0 Å². The molecule has 0 saturated carbocycles. The highest BCUT2D eigenvalue weighted by Gasteiger charge is 2.07. The molecule has 2 rings (SSSR count). The van der Waals surface area contributed by atoms with E-state index in [-0.39, 0.29) is 29.9 Å². The number of aliphatic imine (C=N–C) groups is 1. The lowest BCUT2D eigenvalue weighted by Crippen LogP contribution is -2.38. The lowest BCUT2D eigenvalue weighted by atomic mass is 10.1. The van der Waals surface area contributed by atoms with Crippen LogP contribution in [0.4, 0.5) is 0 Å². The average molecular weight is 542 g/mol. The Hall–Kier alpha value is -2.07. The second-order valence-electron chi connectivity index (χ2n) is 7.41. The molecule has 1 heterocycles. The van der Waals surface area contributed by atoms with Crippen molar-refractivity contribution in [1.82, 2.24) is 16.0 Å². The minimum absolute atomic E-state index is 0. The Morgan fingerprint density at radius 1 is 1.16 bits per heavy atom. The smallest absolute Gasteiger partial charge is 0.251 e. The summed E-state index contributed by atoms with van der Waals surface area (Å²) in [6.45, 7) is 10.3. The number of nitrogens with zero attached hydrogens (tertiary/aromatic N) is 1. The molecule has 1 aromatic carbocycles. The van der Waals surface area contributed by atoms with Gasteiger partial charge in [0.15, 0.2) is 5.96 Å². The van der Waals surface area contributed by atoms with Crippen molar-refractivity contribution < 1.29 is 13.9 Å². The molecule has 1 amide bonds. The summed E-state index contributed by atoms with van der Waals surface area (Å²) in [7, 11) is 0. The second kappa shape index (κ2) is 15.7. The van der Waals surface area contributed by atoms with Crippen molar-refractivity contribution in [2.45, 2.75) is 40.3 Å². The third kappa shape index (κ3) is 11.2. The third-order valence-electron chi connectivity index (χ3n) is 4.17.